The van der Waals surface area contributed by atoms with E-state index in [2.05, 4.69) is 10.5 Å². The van der Waals surface area contributed by atoms with Gasteiger partial charge in [0, 0.05) is 6.07 Å². The zero-order chi connectivity index (χ0) is 17.5. The fourth-order valence-electron chi connectivity index (χ4n) is 2.94. The van der Waals surface area contributed by atoms with Crippen LogP contribution in [0.25, 0.3) is 0 Å². The standard InChI is InChI=1S/C16H17N3O5/c1-4-24-14(21)12-11-13(20)19(15(22)16(11,2)18-17-12)9-6-5-7-10(8-9)23-3/h5-8,11,18H,4H2,1-3H3/t11-,16-/m0/s1. The lowest BCUT2D eigenvalue weighted by molar-refractivity contribution is -0.136. The summed E-state index contributed by atoms with van der Waals surface area (Å²) < 4.78 is 10.1. The van der Waals surface area contributed by atoms with E-state index >= 15 is 0 Å². The largest absolute Gasteiger partial charge is 0.497 e. The quantitative estimate of drug-likeness (QED) is 0.636. The molecule has 2 aliphatic heterocycles. The second kappa shape index (κ2) is 5.63. The van der Waals surface area contributed by atoms with Crippen molar-refractivity contribution in [2.45, 2.75) is 19.4 Å². The van der Waals surface area contributed by atoms with Crippen LogP contribution in [-0.2, 0) is 19.1 Å². The molecule has 1 aromatic carbocycles. The van der Waals surface area contributed by atoms with Crippen LogP contribution in [0, 0.1) is 5.92 Å². The van der Waals surface area contributed by atoms with Gasteiger partial charge in [-0.15, -0.1) is 0 Å². The van der Waals surface area contributed by atoms with Gasteiger partial charge in [-0.1, -0.05) is 6.07 Å². The number of hydrazone groups is 1. The average molecular weight is 331 g/mol. The predicted molar refractivity (Wildman–Crippen MR) is 84.6 cm³/mol. The molecule has 0 spiro atoms. The summed E-state index contributed by atoms with van der Waals surface area (Å²) in [6.07, 6.45) is 0. The number of nitrogens with zero attached hydrogens (tertiary/aromatic N) is 2. The number of carbonyl (C=O) groups excluding carboxylic acids is 3. The first-order valence-corrected chi connectivity index (χ1v) is 7.48. The van der Waals surface area contributed by atoms with Crippen molar-refractivity contribution in [3.8, 4) is 5.75 Å². The molecule has 126 valence electrons. The third-order valence-electron chi connectivity index (χ3n) is 4.17. The Bertz CT molecular complexity index is 760. The van der Waals surface area contributed by atoms with Gasteiger partial charge in [0.1, 0.15) is 17.2 Å². The maximum atomic E-state index is 12.9. The Hall–Kier alpha value is -2.90. The van der Waals surface area contributed by atoms with Crippen LogP contribution in [0.5, 0.6) is 5.75 Å². The van der Waals surface area contributed by atoms with Gasteiger partial charge in [-0.25, -0.2) is 9.69 Å². The van der Waals surface area contributed by atoms with Crippen molar-refractivity contribution in [2.24, 2.45) is 11.0 Å². The van der Waals surface area contributed by atoms with Gasteiger partial charge in [0.2, 0.25) is 5.91 Å². The van der Waals surface area contributed by atoms with Crippen molar-refractivity contribution in [3.05, 3.63) is 24.3 Å². The lowest BCUT2D eigenvalue weighted by Gasteiger charge is -2.20. The van der Waals surface area contributed by atoms with E-state index in [1.165, 1.54) is 7.11 Å². The number of hydrogen-bond donors (Lipinski definition) is 1. The maximum absolute atomic E-state index is 12.9. The molecular formula is C16H17N3O5. The fourth-order valence-corrected chi connectivity index (χ4v) is 2.94. The zero-order valence-electron chi connectivity index (χ0n) is 13.5. The Morgan fingerprint density at radius 3 is 2.83 bits per heavy atom. The molecule has 1 N–H and O–H groups in total. The Labute approximate surface area is 138 Å². The lowest BCUT2D eigenvalue weighted by Crippen LogP contribution is -2.48. The monoisotopic (exact) mass is 331 g/mol. The van der Waals surface area contributed by atoms with Crippen LogP contribution in [0.1, 0.15) is 13.8 Å². The molecule has 1 aromatic rings. The van der Waals surface area contributed by atoms with E-state index in [4.69, 9.17) is 9.47 Å². The van der Waals surface area contributed by atoms with E-state index < -0.39 is 29.2 Å². The van der Waals surface area contributed by atoms with Gasteiger partial charge < -0.3 is 9.47 Å². The van der Waals surface area contributed by atoms with Crippen LogP contribution in [0.3, 0.4) is 0 Å². The molecule has 3 rings (SSSR count). The highest BCUT2D eigenvalue weighted by Crippen LogP contribution is 2.38. The van der Waals surface area contributed by atoms with Crippen LogP contribution >= 0.6 is 0 Å². The number of imide groups is 1. The summed E-state index contributed by atoms with van der Waals surface area (Å²) in [5.41, 5.74) is 1.63. The van der Waals surface area contributed by atoms with Gasteiger partial charge in [-0.2, -0.15) is 5.10 Å². The summed E-state index contributed by atoms with van der Waals surface area (Å²) in [5.74, 6) is -2.20. The molecular weight excluding hydrogens is 314 g/mol. The molecule has 1 saturated heterocycles. The number of anilines is 1. The molecule has 0 aliphatic carbocycles. The van der Waals surface area contributed by atoms with Crippen molar-refractivity contribution in [3.63, 3.8) is 0 Å². The summed E-state index contributed by atoms with van der Waals surface area (Å²) in [7, 11) is 1.50. The first-order chi connectivity index (χ1) is 11.4. The number of carbonyl (C=O) groups is 3. The molecule has 2 amide bonds. The summed E-state index contributed by atoms with van der Waals surface area (Å²) in [6, 6.07) is 6.60. The first kappa shape index (κ1) is 16.0. The van der Waals surface area contributed by atoms with Crippen LogP contribution in [0.15, 0.2) is 29.4 Å². The Morgan fingerprint density at radius 2 is 2.17 bits per heavy atom. The van der Waals surface area contributed by atoms with Crippen LogP contribution in [0.4, 0.5) is 5.69 Å². The Morgan fingerprint density at radius 1 is 1.42 bits per heavy atom. The summed E-state index contributed by atoms with van der Waals surface area (Å²) in [6.45, 7) is 3.36. The highest BCUT2D eigenvalue weighted by Gasteiger charge is 2.63. The highest BCUT2D eigenvalue weighted by atomic mass is 16.5. The molecule has 8 heteroatoms. The molecule has 2 heterocycles. The molecule has 2 aliphatic rings. The maximum Gasteiger partial charge on any atom is 0.355 e. The Kier molecular flexibility index (Phi) is 3.75. The smallest absolute Gasteiger partial charge is 0.355 e. The molecule has 0 radical (unpaired) electrons. The van der Waals surface area contributed by atoms with Gasteiger partial charge in [0.05, 0.1) is 19.4 Å². The second-order valence-electron chi connectivity index (χ2n) is 5.64. The number of rotatable bonds is 4. The first-order valence-electron chi connectivity index (χ1n) is 7.48. The fraction of sp³-hybridized carbons (Fsp3) is 0.375. The van der Waals surface area contributed by atoms with Gasteiger partial charge >= 0.3 is 5.97 Å². The highest BCUT2D eigenvalue weighted by molar-refractivity contribution is 6.47. The molecule has 8 nitrogen and oxygen atoms in total. The van der Waals surface area contributed by atoms with E-state index in [1.54, 1.807) is 38.1 Å². The van der Waals surface area contributed by atoms with E-state index in [-0.39, 0.29) is 12.3 Å². The number of benzene rings is 1. The second-order valence-corrected chi connectivity index (χ2v) is 5.64. The summed E-state index contributed by atoms with van der Waals surface area (Å²) in [5, 5.41) is 3.87. The van der Waals surface area contributed by atoms with Crippen molar-refractivity contribution in [1.82, 2.24) is 5.43 Å². The third kappa shape index (κ3) is 2.14. The number of nitrogens with one attached hydrogen (secondary N) is 1. The van der Waals surface area contributed by atoms with Crippen LogP contribution < -0.4 is 15.1 Å². The Balaban J connectivity index is 1.99. The van der Waals surface area contributed by atoms with E-state index in [0.717, 1.165) is 4.90 Å². The molecule has 0 saturated carbocycles. The molecule has 0 aromatic heterocycles. The molecule has 24 heavy (non-hydrogen) atoms. The van der Waals surface area contributed by atoms with E-state index in [1.807, 2.05) is 0 Å². The van der Waals surface area contributed by atoms with Crippen molar-refractivity contribution < 1.29 is 23.9 Å². The van der Waals surface area contributed by atoms with E-state index in [0.29, 0.717) is 11.4 Å². The minimum absolute atomic E-state index is 0.0805. The van der Waals surface area contributed by atoms with Gasteiger partial charge in [-0.3, -0.25) is 15.0 Å². The van der Waals surface area contributed by atoms with Crippen molar-refractivity contribution >= 4 is 29.2 Å². The molecule has 0 bridgehead atoms. The minimum atomic E-state index is -1.30. The van der Waals surface area contributed by atoms with E-state index in [9.17, 15) is 14.4 Å². The molecule has 2 atom stereocenters. The van der Waals surface area contributed by atoms with Gasteiger partial charge in [-0.05, 0) is 26.0 Å². The normalized spacial score (nSPS) is 25.2. The van der Waals surface area contributed by atoms with Crippen LogP contribution in [0.2, 0.25) is 0 Å². The molecule has 0 unspecified atom stereocenters. The predicted octanol–water partition coefficient (Wildman–Crippen LogP) is 0.466. The number of ether oxygens (including phenoxy) is 2. The number of amides is 2. The SMILES string of the molecule is CCOC(=O)C1=NN[C@]2(C)C(=O)N(c3cccc(OC)c3)C(=O)[C@H]12. The number of esters is 1. The summed E-state index contributed by atoms with van der Waals surface area (Å²) in [4.78, 5) is 38.8. The number of hydrogen-bond acceptors (Lipinski definition) is 7. The lowest BCUT2D eigenvalue weighted by atomic mass is 9.86. The van der Waals surface area contributed by atoms with Crippen LogP contribution in [-0.4, -0.2) is 42.8 Å². The number of methoxy groups -OCH3 is 1. The number of fused-ring (bicyclic) bond motifs is 1. The average Bonchev–Trinajstić information content (AvgIpc) is 3.02. The zero-order valence-corrected chi connectivity index (χ0v) is 13.5. The molecule has 1 fully saturated rings. The van der Waals surface area contributed by atoms with Gasteiger partial charge in [0.15, 0.2) is 5.71 Å². The topological polar surface area (TPSA) is 97.3 Å². The third-order valence-corrected chi connectivity index (χ3v) is 4.17. The minimum Gasteiger partial charge on any atom is -0.497 e. The van der Waals surface area contributed by atoms with Crippen molar-refractivity contribution in [1.29, 1.82) is 0 Å². The van der Waals surface area contributed by atoms with Gasteiger partial charge in [0.25, 0.3) is 5.91 Å². The summed E-state index contributed by atoms with van der Waals surface area (Å²) >= 11 is 0. The van der Waals surface area contributed by atoms with Crippen molar-refractivity contribution in [2.75, 3.05) is 18.6 Å².